The Balaban J connectivity index is 1.58. The predicted octanol–water partition coefficient (Wildman–Crippen LogP) is 7.32. The maximum absolute atomic E-state index is 13.4. The Labute approximate surface area is 223 Å². The molecule has 0 spiro atoms. The highest BCUT2D eigenvalue weighted by Crippen LogP contribution is 2.35. The molecule has 2 heterocycles. The highest BCUT2D eigenvalue weighted by Gasteiger charge is 2.25. The molecule has 0 unspecified atom stereocenters. The third kappa shape index (κ3) is 5.49. The zero-order valence-electron chi connectivity index (χ0n) is 21.0. The second kappa shape index (κ2) is 10.3. The third-order valence-corrected chi connectivity index (χ3v) is 6.04. The summed E-state index contributed by atoms with van der Waals surface area (Å²) in [6, 6.07) is 23.4. The molecule has 5 rings (SSSR count). The quantitative estimate of drug-likeness (QED) is 0.210. The molecule has 0 saturated carbocycles. The van der Waals surface area contributed by atoms with Gasteiger partial charge in [0.05, 0.1) is 23.3 Å². The number of halogens is 1. The van der Waals surface area contributed by atoms with Gasteiger partial charge < -0.3 is 14.2 Å². The van der Waals surface area contributed by atoms with Gasteiger partial charge in [-0.05, 0) is 68.8 Å². The summed E-state index contributed by atoms with van der Waals surface area (Å²) in [6.45, 7) is 6.55. The number of hydrogen-bond donors (Lipinski definition) is 1. The van der Waals surface area contributed by atoms with Gasteiger partial charge in [0.1, 0.15) is 29.4 Å². The molecule has 2 aromatic heterocycles. The predicted molar refractivity (Wildman–Crippen MR) is 149 cm³/mol. The van der Waals surface area contributed by atoms with Crippen LogP contribution in [0.4, 0.5) is 4.79 Å². The van der Waals surface area contributed by atoms with E-state index in [2.05, 4.69) is 26.1 Å². The number of rotatable bonds is 7. The number of alkyl halides is 1. The smallest absolute Gasteiger partial charge is 0.419 e. The molecule has 0 aliphatic rings. The van der Waals surface area contributed by atoms with Crippen LogP contribution in [0.2, 0.25) is 0 Å². The Bertz CT molecular complexity index is 1550. The molecule has 0 amide bonds. The highest BCUT2D eigenvalue weighted by atomic mass is 79.9. The third-order valence-electron chi connectivity index (χ3n) is 5.72. The number of H-pyrrole nitrogens is 1. The van der Waals surface area contributed by atoms with Crippen LogP contribution in [-0.2, 0) is 11.3 Å². The standard InChI is InChI=1S/C29H28BrN3O4/c1-29(2,3)37-28(34)33-25-12-10-21(35-14-13-30)15-20(25)16-26(33)27-23-17-22(9-11-24(23)31-32-27)36-18-19-7-5-4-6-8-19/h4-12,15-17H,13-14,18H2,1-3H3,(H,31,32). The molecule has 0 bridgehead atoms. The monoisotopic (exact) mass is 561 g/mol. The van der Waals surface area contributed by atoms with Crippen molar-refractivity contribution in [2.24, 2.45) is 0 Å². The van der Waals surface area contributed by atoms with Crippen LogP contribution in [0.5, 0.6) is 11.5 Å². The van der Waals surface area contributed by atoms with E-state index in [0.29, 0.717) is 35.9 Å². The van der Waals surface area contributed by atoms with E-state index < -0.39 is 11.7 Å². The van der Waals surface area contributed by atoms with Crippen molar-refractivity contribution >= 4 is 43.8 Å². The van der Waals surface area contributed by atoms with Crippen molar-refractivity contribution in [2.75, 3.05) is 11.9 Å². The molecular weight excluding hydrogens is 534 g/mol. The van der Waals surface area contributed by atoms with Crippen LogP contribution in [-0.4, -0.2) is 38.4 Å². The Hall–Kier alpha value is -3.78. The average molecular weight is 562 g/mol. The fourth-order valence-corrected chi connectivity index (χ4v) is 4.30. The molecule has 0 aliphatic heterocycles. The van der Waals surface area contributed by atoms with Crippen molar-refractivity contribution in [1.29, 1.82) is 0 Å². The van der Waals surface area contributed by atoms with Crippen molar-refractivity contribution in [3.8, 4) is 22.9 Å². The van der Waals surface area contributed by atoms with E-state index in [0.717, 1.165) is 32.9 Å². The minimum atomic E-state index is -0.657. The van der Waals surface area contributed by atoms with Crippen molar-refractivity contribution in [1.82, 2.24) is 14.8 Å². The molecule has 0 radical (unpaired) electrons. The van der Waals surface area contributed by atoms with Crippen LogP contribution in [0.1, 0.15) is 26.3 Å². The van der Waals surface area contributed by atoms with E-state index in [1.165, 1.54) is 0 Å². The van der Waals surface area contributed by atoms with Gasteiger partial charge in [0, 0.05) is 16.1 Å². The first-order chi connectivity index (χ1) is 17.8. The van der Waals surface area contributed by atoms with Gasteiger partial charge in [0.15, 0.2) is 0 Å². The second-order valence-corrected chi connectivity index (χ2v) is 10.5. The number of benzene rings is 3. The fraction of sp³-hybridized carbons (Fsp3) is 0.241. The molecule has 0 fully saturated rings. The first-order valence-electron chi connectivity index (χ1n) is 12.1. The summed E-state index contributed by atoms with van der Waals surface area (Å²) in [4.78, 5) is 13.4. The largest absolute Gasteiger partial charge is 0.493 e. The van der Waals surface area contributed by atoms with Gasteiger partial charge in [-0.3, -0.25) is 5.10 Å². The number of nitrogens with one attached hydrogen (secondary N) is 1. The molecule has 5 aromatic rings. The summed E-state index contributed by atoms with van der Waals surface area (Å²) in [7, 11) is 0. The first kappa shape index (κ1) is 24.9. The summed E-state index contributed by atoms with van der Waals surface area (Å²) in [5, 5.41) is 10.1. The van der Waals surface area contributed by atoms with Crippen molar-refractivity contribution in [3.63, 3.8) is 0 Å². The van der Waals surface area contributed by atoms with Crippen molar-refractivity contribution in [2.45, 2.75) is 33.0 Å². The van der Waals surface area contributed by atoms with Crippen molar-refractivity contribution < 1.29 is 19.0 Å². The average Bonchev–Trinajstić information content (AvgIpc) is 3.46. The number of aromatic nitrogens is 3. The molecule has 37 heavy (non-hydrogen) atoms. The van der Waals surface area contributed by atoms with Crippen molar-refractivity contribution in [3.05, 3.63) is 78.4 Å². The molecule has 1 N–H and O–H groups in total. The first-order valence-corrected chi connectivity index (χ1v) is 13.2. The van der Waals surface area contributed by atoms with E-state index >= 15 is 0 Å². The number of carbonyl (C=O) groups excluding carboxylic acids is 1. The van der Waals surface area contributed by atoms with Gasteiger partial charge in [-0.1, -0.05) is 46.3 Å². The Kier molecular flexibility index (Phi) is 6.93. The second-order valence-electron chi connectivity index (χ2n) is 9.66. The number of ether oxygens (including phenoxy) is 3. The van der Waals surface area contributed by atoms with Crippen LogP contribution in [0.15, 0.2) is 72.8 Å². The molecule has 0 atom stereocenters. The van der Waals surface area contributed by atoms with Gasteiger partial charge in [0.25, 0.3) is 0 Å². The summed E-state index contributed by atoms with van der Waals surface area (Å²) in [6.07, 6.45) is -0.473. The van der Waals surface area contributed by atoms with Gasteiger partial charge in [-0.15, -0.1) is 0 Å². The molecule has 0 aliphatic carbocycles. The molecular formula is C29H28BrN3O4. The van der Waals surface area contributed by atoms with Crippen LogP contribution < -0.4 is 9.47 Å². The SMILES string of the molecule is CC(C)(C)OC(=O)n1c(-c2n[nH]c3ccc(OCc4ccccc4)cc23)cc2cc(OCCBr)ccc21. The van der Waals surface area contributed by atoms with Crippen LogP contribution in [0.3, 0.4) is 0 Å². The molecule has 0 saturated heterocycles. The Morgan fingerprint density at radius 2 is 1.73 bits per heavy atom. The fourth-order valence-electron chi connectivity index (χ4n) is 4.14. The maximum atomic E-state index is 13.4. The Morgan fingerprint density at radius 1 is 0.973 bits per heavy atom. The number of fused-ring (bicyclic) bond motifs is 2. The zero-order valence-corrected chi connectivity index (χ0v) is 22.5. The lowest BCUT2D eigenvalue weighted by Gasteiger charge is -2.20. The Morgan fingerprint density at radius 3 is 2.49 bits per heavy atom. The van der Waals surface area contributed by atoms with E-state index in [-0.39, 0.29) is 0 Å². The number of nitrogens with zero attached hydrogens (tertiary/aromatic N) is 2. The molecule has 8 heteroatoms. The van der Waals surface area contributed by atoms with Crippen LogP contribution in [0.25, 0.3) is 33.2 Å². The van der Waals surface area contributed by atoms with Gasteiger partial charge in [-0.25, -0.2) is 9.36 Å². The van der Waals surface area contributed by atoms with Crippen LogP contribution in [0, 0.1) is 0 Å². The normalized spacial score (nSPS) is 11.7. The summed E-state index contributed by atoms with van der Waals surface area (Å²) >= 11 is 3.39. The highest BCUT2D eigenvalue weighted by molar-refractivity contribution is 9.09. The summed E-state index contributed by atoms with van der Waals surface area (Å²) in [5.74, 6) is 1.44. The van der Waals surface area contributed by atoms with E-state index in [1.54, 1.807) is 4.57 Å². The van der Waals surface area contributed by atoms with Crippen LogP contribution >= 0.6 is 15.9 Å². The summed E-state index contributed by atoms with van der Waals surface area (Å²) < 4.78 is 19.2. The molecule has 3 aromatic carbocycles. The number of carbonyl (C=O) groups is 1. The maximum Gasteiger partial charge on any atom is 0.419 e. The summed E-state index contributed by atoms with van der Waals surface area (Å²) in [5.41, 5.74) is 3.22. The topological polar surface area (TPSA) is 78.4 Å². The molecule has 190 valence electrons. The van der Waals surface area contributed by atoms with Gasteiger partial charge in [-0.2, -0.15) is 5.10 Å². The van der Waals surface area contributed by atoms with Gasteiger partial charge >= 0.3 is 6.09 Å². The minimum Gasteiger partial charge on any atom is -0.493 e. The number of hydrogen-bond acceptors (Lipinski definition) is 5. The lowest BCUT2D eigenvalue weighted by molar-refractivity contribution is 0.0547. The van der Waals surface area contributed by atoms with E-state index in [1.807, 2.05) is 93.6 Å². The number of aromatic amines is 1. The lowest BCUT2D eigenvalue weighted by Crippen LogP contribution is -2.27. The minimum absolute atomic E-state index is 0.453. The van der Waals surface area contributed by atoms with E-state index in [9.17, 15) is 4.79 Å². The molecule has 7 nitrogen and oxygen atoms in total. The van der Waals surface area contributed by atoms with E-state index in [4.69, 9.17) is 14.2 Å². The zero-order chi connectivity index (χ0) is 26.0. The van der Waals surface area contributed by atoms with Gasteiger partial charge in [0.2, 0.25) is 0 Å². The lowest BCUT2D eigenvalue weighted by atomic mass is 10.1.